The van der Waals surface area contributed by atoms with Gasteiger partial charge in [0, 0.05) is 12.1 Å². The van der Waals surface area contributed by atoms with Gasteiger partial charge in [0.15, 0.2) is 0 Å². The van der Waals surface area contributed by atoms with E-state index < -0.39 is 29.8 Å². The third-order valence-corrected chi connectivity index (χ3v) is 3.82. The number of carboxylic acid groups (broad SMARTS) is 1. The van der Waals surface area contributed by atoms with Crippen LogP contribution in [0.25, 0.3) is 0 Å². The number of hydrogen-bond acceptors (Lipinski definition) is 5. The number of rotatable bonds is 7. The molecule has 1 unspecified atom stereocenters. The molecule has 0 spiro atoms. The van der Waals surface area contributed by atoms with Gasteiger partial charge in [-0.05, 0) is 44.0 Å². The number of alkyl carbamates (subject to hydrolysis) is 1. The molecule has 2 aromatic rings. The summed E-state index contributed by atoms with van der Waals surface area (Å²) < 4.78 is 10.3. The van der Waals surface area contributed by atoms with E-state index in [1.165, 1.54) is 0 Å². The molecule has 30 heavy (non-hydrogen) atoms. The van der Waals surface area contributed by atoms with Gasteiger partial charge >= 0.3 is 18.2 Å². The van der Waals surface area contributed by atoms with E-state index in [2.05, 4.69) is 10.6 Å². The maximum absolute atomic E-state index is 12.0. The van der Waals surface area contributed by atoms with E-state index >= 15 is 0 Å². The van der Waals surface area contributed by atoms with Gasteiger partial charge in [-0.3, -0.25) is 5.32 Å². The Morgan fingerprint density at radius 2 is 1.63 bits per heavy atom. The summed E-state index contributed by atoms with van der Waals surface area (Å²) in [6.07, 6.45) is -1.43. The van der Waals surface area contributed by atoms with Crippen molar-refractivity contribution >= 4 is 23.8 Å². The van der Waals surface area contributed by atoms with Crippen molar-refractivity contribution in [1.82, 2.24) is 5.32 Å². The first kappa shape index (κ1) is 22.7. The lowest BCUT2D eigenvalue weighted by atomic mass is 10.1. The van der Waals surface area contributed by atoms with Crippen molar-refractivity contribution in [2.75, 3.05) is 5.32 Å². The number of carboxylic acids is 1. The van der Waals surface area contributed by atoms with E-state index in [0.717, 1.165) is 5.56 Å². The highest BCUT2D eigenvalue weighted by molar-refractivity contribution is 5.85. The number of benzene rings is 2. The molecule has 0 saturated heterocycles. The number of carbonyl (C=O) groups is 3. The zero-order valence-electron chi connectivity index (χ0n) is 17.2. The van der Waals surface area contributed by atoms with Crippen LogP contribution in [-0.2, 0) is 27.3 Å². The topological polar surface area (TPSA) is 114 Å². The summed E-state index contributed by atoms with van der Waals surface area (Å²) in [7, 11) is 0. The molecule has 160 valence electrons. The molecule has 0 radical (unpaired) electrons. The van der Waals surface area contributed by atoms with Crippen LogP contribution in [0.15, 0.2) is 54.6 Å². The molecule has 0 aliphatic heterocycles. The molecule has 0 aliphatic rings. The van der Waals surface area contributed by atoms with Crippen molar-refractivity contribution < 1.29 is 29.0 Å². The van der Waals surface area contributed by atoms with Gasteiger partial charge in [-0.1, -0.05) is 42.5 Å². The quantitative estimate of drug-likeness (QED) is 0.632. The molecule has 1 atom stereocenters. The van der Waals surface area contributed by atoms with E-state index in [1.54, 1.807) is 57.2 Å². The largest absolute Gasteiger partial charge is 0.480 e. The Morgan fingerprint density at radius 3 is 2.27 bits per heavy atom. The monoisotopic (exact) mass is 414 g/mol. The predicted octanol–water partition coefficient (Wildman–Crippen LogP) is 3.96. The second-order valence-corrected chi connectivity index (χ2v) is 7.63. The summed E-state index contributed by atoms with van der Waals surface area (Å²) in [5.74, 6) is -1.20. The van der Waals surface area contributed by atoms with Crippen molar-refractivity contribution in [2.24, 2.45) is 0 Å². The summed E-state index contributed by atoms with van der Waals surface area (Å²) in [4.78, 5) is 35.5. The normalized spacial score (nSPS) is 11.8. The lowest BCUT2D eigenvalue weighted by Gasteiger charge is -2.20. The molecule has 2 amide bonds. The molecule has 2 aromatic carbocycles. The molecule has 0 bridgehead atoms. The second kappa shape index (κ2) is 10.3. The molecule has 3 N–H and O–H groups in total. The van der Waals surface area contributed by atoms with Crippen LogP contribution in [0.4, 0.5) is 15.3 Å². The van der Waals surface area contributed by atoms with Crippen LogP contribution < -0.4 is 10.6 Å². The Kier molecular flexibility index (Phi) is 7.80. The Bertz CT molecular complexity index is 877. The third kappa shape index (κ3) is 8.22. The fraction of sp³-hybridized carbons (Fsp3) is 0.318. The minimum atomic E-state index is -1.20. The Balaban J connectivity index is 1.95. The van der Waals surface area contributed by atoms with Crippen molar-refractivity contribution in [3.63, 3.8) is 0 Å². The summed E-state index contributed by atoms with van der Waals surface area (Å²) in [5.41, 5.74) is 1.22. The lowest BCUT2D eigenvalue weighted by Crippen LogP contribution is -2.42. The average molecular weight is 414 g/mol. The maximum atomic E-state index is 12.0. The van der Waals surface area contributed by atoms with Crippen LogP contribution in [0, 0.1) is 0 Å². The van der Waals surface area contributed by atoms with Gasteiger partial charge < -0.3 is 19.9 Å². The van der Waals surface area contributed by atoms with Gasteiger partial charge in [-0.15, -0.1) is 0 Å². The molecule has 2 rings (SSSR count). The van der Waals surface area contributed by atoms with Gasteiger partial charge in [-0.2, -0.15) is 0 Å². The molecular formula is C22H26N2O6. The summed E-state index contributed by atoms with van der Waals surface area (Å²) in [6, 6.07) is 14.5. The molecule has 0 fully saturated rings. The van der Waals surface area contributed by atoms with Crippen LogP contribution in [0.5, 0.6) is 0 Å². The highest BCUT2D eigenvalue weighted by Crippen LogP contribution is 2.15. The zero-order chi connectivity index (χ0) is 22.1. The fourth-order valence-corrected chi connectivity index (χ4v) is 2.54. The van der Waals surface area contributed by atoms with E-state index in [0.29, 0.717) is 11.3 Å². The van der Waals surface area contributed by atoms with Gasteiger partial charge in [0.25, 0.3) is 0 Å². The zero-order valence-corrected chi connectivity index (χ0v) is 17.2. The SMILES string of the molecule is CC(C)(C)OC(=O)Nc1cccc(CC(NC(=O)OCc2ccccc2)C(=O)O)c1. The van der Waals surface area contributed by atoms with Crippen LogP contribution in [0.3, 0.4) is 0 Å². The number of carbonyl (C=O) groups excluding carboxylic acids is 2. The number of aliphatic carboxylic acids is 1. The van der Waals surface area contributed by atoms with Crippen molar-refractivity contribution in [1.29, 1.82) is 0 Å². The Morgan fingerprint density at radius 1 is 0.967 bits per heavy atom. The maximum Gasteiger partial charge on any atom is 0.412 e. The van der Waals surface area contributed by atoms with Crippen LogP contribution in [-0.4, -0.2) is 34.9 Å². The molecule has 0 heterocycles. The molecule has 0 saturated carbocycles. The van der Waals surface area contributed by atoms with E-state index in [9.17, 15) is 19.5 Å². The minimum Gasteiger partial charge on any atom is -0.480 e. The summed E-state index contributed by atoms with van der Waals surface area (Å²) >= 11 is 0. The number of ether oxygens (including phenoxy) is 2. The Labute approximate surface area is 175 Å². The summed E-state index contributed by atoms with van der Waals surface area (Å²) in [5, 5.41) is 14.4. The van der Waals surface area contributed by atoms with Crippen LogP contribution >= 0.6 is 0 Å². The molecule has 0 aliphatic carbocycles. The predicted molar refractivity (Wildman–Crippen MR) is 111 cm³/mol. The first-order valence-electron chi connectivity index (χ1n) is 9.41. The number of amides is 2. The van der Waals surface area contributed by atoms with Crippen molar-refractivity contribution in [2.45, 2.75) is 45.4 Å². The average Bonchev–Trinajstić information content (AvgIpc) is 2.65. The van der Waals surface area contributed by atoms with Gasteiger partial charge in [0.2, 0.25) is 0 Å². The first-order valence-corrected chi connectivity index (χ1v) is 9.41. The standard InChI is InChI=1S/C22H26N2O6/c1-22(2,3)30-21(28)23-17-11-7-10-16(12-17)13-18(19(25)26)24-20(27)29-14-15-8-5-4-6-9-15/h4-12,18H,13-14H2,1-3H3,(H,23,28)(H,24,27)(H,25,26). The smallest absolute Gasteiger partial charge is 0.412 e. The van der Waals surface area contributed by atoms with E-state index in [1.807, 2.05) is 18.2 Å². The summed E-state index contributed by atoms with van der Waals surface area (Å²) in [6.45, 7) is 5.29. The highest BCUT2D eigenvalue weighted by Gasteiger charge is 2.22. The molecule has 8 nitrogen and oxygen atoms in total. The Hall–Kier alpha value is -3.55. The molecule has 8 heteroatoms. The lowest BCUT2D eigenvalue weighted by molar-refractivity contribution is -0.139. The second-order valence-electron chi connectivity index (χ2n) is 7.63. The minimum absolute atomic E-state index is 0.0135. The highest BCUT2D eigenvalue weighted by atomic mass is 16.6. The van der Waals surface area contributed by atoms with Gasteiger partial charge in [-0.25, -0.2) is 14.4 Å². The molecule has 0 aromatic heterocycles. The fourth-order valence-electron chi connectivity index (χ4n) is 2.54. The van der Waals surface area contributed by atoms with Crippen LogP contribution in [0.1, 0.15) is 31.9 Å². The van der Waals surface area contributed by atoms with E-state index in [4.69, 9.17) is 9.47 Å². The number of nitrogens with one attached hydrogen (secondary N) is 2. The number of anilines is 1. The first-order chi connectivity index (χ1) is 14.1. The van der Waals surface area contributed by atoms with Crippen LogP contribution in [0.2, 0.25) is 0 Å². The van der Waals surface area contributed by atoms with Gasteiger partial charge in [0.1, 0.15) is 18.2 Å². The van der Waals surface area contributed by atoms with Crippen molar-refractivity contribution in [3.05, 3.63) is 65.7 Å². The number of hydrogen-bond donors (Lipinski definition) is 3. The van der Waals surface area contributed by atoms with Crippen molar-refractivity contribution in [3.8, 4) is 0 Å². The van der Waals surface area contributed by atoms with E-state index in [-0.39, 0.29) is 13.0 Å². The van der Waals surface area contributed by atoms with Gasteiger partial charge in [0.05, 0.1) is 0 Å². The third-order valence-electron chi connectivity index (χ3n) is 3.82. The molecular weight excluding hydrogens is 388 g/mol.